The highest BCUT2D eigenvalue weighted by Crippen LogP contribution is 2.48. The van der Waals surface area contributed by atoms with E-state index in [1.54, 1.807) is 0 Å². The van der Waals surface area contributed by atoms with Crippen LogP contribution in [0.5, 0.6) is 23.0 Å². The predicted octanol–water partition coefficient (Wildman–Crippen LogP) is 9.76. The smallest absolute Gasteiger partial charge is 0.121 e. The third-order valence-electron chi connectivity index (χ3n) is 13.8. The van der Waals surface area contributed by atoms with Crippen LogP contribution in [0.4, 0.5) is 0 Å². The average molecular weight is 734 g/mol. The molecule has 0 unspecified atom stereocenters. The van der Waals surface area contributed by atoms with Crippen molar-refractivity contribution in [3.05, 3.63) is 115 Å². The molecule has 7 rings (SSSR count). The maximum atomic E-state index is 10.4. The minimum Gasteiger partial charge on any atom is -0.507 e. The largest absolute Gasteiger partial charge is 0.507 e. The van der Waals surface area contributed by atoms with Gasteiger partial charge in [0.25, 0.3) is 0 Å². The number of nitrogens with zero attached hydrogens (tertiary/aromatic N) is 2. The number of phenolic OH excluding ortho intramolecular Hbond substituents is 4. The third kappa shape index (κ3) is 7.36. The standard InChI is InChI=1S/C26H35NO2.C22H29NO2/c1-18-14-22(15-19(2)24(18)28)26(23-16-20(3)25(29)21(4)17-23)8-12-27(13-9-26)10-6-5-7-11-27;1-14-10-18(11-15(2)20(14)24)22(6-8-23(5)9-7-22)19-12-16(3)21(25)17(4)13-19/h14-17H,5-13H2,1-4H3,(H-,28,29);10-13,24-25H,6-9H2,1-5H3/p+1. The lowest BCUT2D eigenvalue weighted by atomic mass is 9.66. The van der Waals surface area contributed by atoms with Gasteiger partial charge in [0.05, 0.1) is 26.2 Å². The summed E-state index contributed by atoms with van der Waals surface area (Å²) in [6.45, 7) is 23.1. The van der Waals surface area contributed by atoms with Gasteiger partial charge in [-0.2, -0.15) is 0 Å². The van der Waals surface area contributed by atoms with Crippen molar-refractivity contribution in [2.24, 2.45) is 0 Å². The van der Waals surface area contributed by atoms with Gasteiger partial charge in [0.1, 0.15) is 23.0 Å². The number of likely N-dealkylation sites (tertiary alicyclic amines) is 1. The molecule has 54 heavy (non-hydrogen) atoms. The summed E-state index contributed by atoms with van der Waals surface area (Å²) in [6.07, 6.45) is 8.44. The molecule has 290 valence electrons. The van der Waals surface area contributed by atoms with Crippen molar-refractivity contribution in [3.8, 4) is 23.0 Å². The molecular formula is C48H65N2O4+. The van der Waals surface area contributed by atoms with Crippen LogP contribution in [-0.4, -0.2) is 76.1 Å². The Morgan fingerprint density at radius 1 is 0.407 bits per heavy atom. The zero-order valence-corrected chi connectivity index (χ0v) is 34.5. The molecule has 6 nitrogen and oxygen atoms in total. The molecule has 6 heteroatoms. The quantitative estimate of drug-likeness (QED) is 0.157. The highest BCUT2D eigenvalue weighted by Gasteiger charge is 2.46. The predicted molar refractivity (Wildman–Crippen MR) is 221 cm³/mol. The van der Waals surface area contributed by atoms with Crippen LogP contribution in [0.2, 0.25) is 0 Å². The molecule has 3 aliphatic rings. The fourth-order valence-corrected chi connectivity index (χ4v) is 10.1. The molecule has 4 aromatic carbocycles. The highest BCUT2D eigenvalue weighted by molar-refractivity contribution is 5.54. The van der Waals surface area contributed by atoms with E-state index >= 15 is 0 Å². The van der Waals surface area contributed by atoms with Gasteiger partial charge in [-0.1, -0.05) is 48.5 Å². The van der Waals surface area contributed by atoms with Gasteiger partial charge in [-0.05, 0) is 174 Å². The molecule has 3 fully saturated rings. The van der Waals surface area contributed by atoms with Crippen LogP contribution >= 0.6 is 0 Å². The van der Waals surface area contributed by atoms with Crippen molar-refractivity contribution in [2.75, 3.05) is 46.3 Å². The molecule has 0 atom stereocenters. The van der Waals surface area contributed by atoms with Crippen molar-refractivity contribution < 1.29 is 24.9 Å². The normalized spacial score (nSPS) is 19.3. The van der Waals surface area contributed by atoms with Gasteiger partial charge >= 0.3 is 0 Å². The Morgan fingerprint density at radius 2 is 0.667 bits per heavy atom. The molecule has 0 aromatic heterocycles. The minimum absolute atomic E-state index is 0.0482. The van der Waals surface area contributed by atoms with E-state index in [0.29, 0.717) is 23.0 Å². The van der Waals surface area contributed by atoms with Crippen molar-refractivity contribution in [3.63, 3.8) is 0 Å². The maximum Gasteiger partial charge on any atom is 0.121 e. The second-order valence-corrected chi connectivity index (χ2v) is 17.6. The summed E-state index contributed by atoms with van der Waals surface area (Å²) in [7, 11) is 2.17. The maximum absolute atomic E-state index is 10.4. The van der Waals surface area contributed by atoms with Crippen LogP contribution in [0.3, 0.4) is 0 Å². The number of aromatic hydroxyl groups is 4. The summed E-state index contributed by atoms with van der Waals surface area (Å²) in [4.78, 5) is 2.37. The van der Waals surface area contributed by atoms with Crippen LogP contribution in [0, 0.1) is 55.4 Å². The Hall–Kier alpha value is -4.00. The zero-order chi connectivity index (χ0) is 39.2. The van der Waals surface area contributed by atoms with Crippen LogP contribution in [0.1, 0.15) is 112 Å². The van der Waals surface area contributed by atoms with E-state index in [1.165, 1.54) is 72.2 Å². The number of phenols is 4. The second-order valence-electron chi connectivity index (χ2n) is 17.6. The molecule has 4 N–H and O–H groups in total. The molecule has 0 saturated carbocycles. The minimum atomic E-state index is -0.0705. The Balaban J connectivity index is 0.000000186. The van der Waals surface area contributed by atoms with E-state index in [9.17, 15) is 20.4 Å². The Kier molecular flexibility index (Phi) is 11.2. The van der Waals surface area contributed by atoms with E-state index in [4.69, 9.17) is 0 Å². The van der Waals surface area contributed by atoms with Crippen molar-refractivity contribution >= 4 is 0 Å². The summed E-state index contributed by atoms with van der Waals surface area (Å²) < 4.78 is 1.29. The Bertz CT molecular complexity index is 1790. The van der Waals surface area contributed by atoms with Crippen LogP contribution in [0.15, 0.2) is 48.5 Å². The number of aryl methyl sites for hydroxylation is 8. The molecule has 1 spiro atoms. The summed E-state index contributed by atoms with van der Waals surface area (Å²) in [5.74, 6) is 1.62. The number of hydrogen-bond donors (Lipinski definition) is 4. The molecule has 3 aliphatic heterocycles. The molecule has 0 radical (unpaired) electrons. The number of quaternary nitrogens is 1. The summed E-state index contributed by atoms with van der Waals surface area (Å²) >= 11 is 0. The SMILES string of the molecule is Cc1cc(C2(c3cc(C)c(O)c(C)c3)CCN(C)CC2)cc(C)c1O.Cc1cc(C2(c3cc(C)c(O)c(C)c3)CC[N+]3(CCCCC3)CC2)cc(C)c1O. The van der Waals surface area contributed by atoms with Gasteiger partial charge < -0.3 is 29.8 Å². The van der Waals surface area contributed by atoms with E-state index in [-0.39, 0.29) is 10.8 Å². The molecule has 0 aliphatic carbocycles. The van der Waals surface area contributed by atoms with Crippen LogP contribution in [0.25, 0.3) is 0 Å². The first-order valence-electron chi connectivity index (χ1n) is 20.3. The molecular weight excluding hydrogens is 669 g/mol. The third-order valence-corrected chi connectivity index (χ3v) is 13.8. The Labute approximate surface area is 324 Å². The van der Waals surface area contributed by atoms with Gasteiger partial charge in [0.2, 0.25) is 0 Å². The topological polar surface area (TPSA) is 84.2 Å². The zero-order valence-electron chi connectivity index (χ0n) is 34.5. The Morgan fingerprint density at radius 3 is 0.944 bits per heavy atom. The lowest BCUT2D eigenvalue weighted by Crippen LogP contribution is -2.58. The first-order chi connectivity index (χ1) is 25.5. The molecule has 0 bridgehead atoms. The summed E-state index contributed by atoms with van der Waals surface area (Å²) in [6, 6.07) is 17.4. The fourth-order valence-electron chi connectivity index (χ4n) is 10.1. The number of benzene rings is 4. The molecule has 4 aromatic rings. The lowest BCUT2D eigenvalue weighted by molar-refractivity contribution is -0.937. The second kappa shape index (κ2) is 15.3. The van der Waals surface area contributed by atoms with Gasteiger partial charge in [-0.25, -0.2) is 0 Å². The van der Waals surface area contributed by atoms with Crippen LogP contribution in [-0.2, 0) is 10.8 Å². The highest BCUT2D eigenvalue weighted by atomic mass is 16.3. The molecule has 0 amide bonds. The first kappa shape index (κ1) is 39.7. The van der Waals surface area contributed by atoms with Gasteiger partial charge in [-0.15, -0.1) is 0 Å². The molecule has 3 saturated heterocycles. The van der Waals surface area contributed by atoms with E-state index in [0.717, 1.165) is 83.3 Å². The van der Waals surface area contributed by atoms with Crippen molar-refractivity contribution in [1.29, 1.82) is 0 Å². The van der Waals surface area contributed by atoms with Gasteiger partial charge in [-0.3, -0.25) is 0 Å². The van der Waals surface area contributed by atoms with Crippen LogP contribution < -0.4 is 0 Å². The lowest BCUT2D eigenvalue weighted by Gasteiger charge is -2.51. The summed E-state index contributed by atoms with van der Waals surface area (Å²) in [5, 5.41) is 41.2. The average Bonchev–Trinajstić information content (AvgIpc) is 3.15. The van der Waals surface area contributed by atoms with E-state index < -0.39 is 0 Å². The number of hydrogen-bond acceptors (Lipinski definition) is 5. The molecule has 3 heterocycles. The number of rotatable bonds is 4. The van der Waals surface area contributed by atoms with Crippen molar-refractivity contribution in [1.82, 2.24) is 4.90 Å². The van der Waals surface area contributed by atoms with E-state index in [1.807, 2.05) is 55.4 Å². The van der Waals surface area contributed by atoms with Crippen molar-refractivity contribution in [2.45, 2.75) is 111 Å². The fraction of sp³-hybridized carbons (Fsp3) is 0.500. The van der Waals surface area contributed by atoms with E-state index in [2.05, 4.69) is 60.5 Å². The number of piperidine rings is 3. The monoisotopic (exact) mass is 733 g/mol. The first-order valence-corrected chi connectivity index (χ1v) is 20.3. The van der Waals surface area contributed by atoms with Gasteiger partial charge in [0, 0.05) is 23.7 Å². The summed E-state index contributed by atoms with van der Waals surface area (Å²) in [5.41, 5.74) is 12.6. The van der Waals surface area contributed by atoms with Gasteiger partial charge in [0.15, 0.2) is 0 Å².